The molecule has 0 aromatic heterocycles. The Bertz CT molecular complexity index is 648. The summed E-state index contributed by atoms with van der Waals surface area (Å²) in [6, 6.07) is 8.23. The van der Waals surface area contributed by atoms with Gasteiger partial charge in [0.1, 0.15) is 18.1 Å². The van der Waals surface area contributed by atoms with E-state index in [1.165, 1.54) is 103 Å². The highest BCUT2D eigenvalue weighted by atomic mass is 16.5. The third kappa shape index (κ3) is 10.4. The van der Waals surface area contributed by atoms with Crippen molar-refractivity contribution in [2.75, 3.05) is 13.2 Å². The van der Waals surface area contributed by atoms with Crippen LogP contribution in [0.1, 0.15) is 117 Å². The zero-order chi connectivity index (χ0) is 23.8. The fraction of sp³-hybridized carbons (Fsp3) is 0.750. The number of hydrogen-bond acceptors (Lipinski definition) is 2. The smallest absolute Gasteiger partial charge is 0.120 e. The Balaban J connectivity index is 1.25. The Morgan fingerprint density at radius 1 is 0.647 bits per heavy atom. The Morgan fingerprint density at radius 2 is 1.15 bits per heavy atom. The molecule has 0 amide bonds. The number of hydrogen-bond donors (Lipinski definition) is 0. The molecule has 0 heterocycles. The van der Waals surface area contributed by atoms with E-state index in [0.29, 0.717) is 6.61 Å². The van der Waals surface area contributed by atoms with E-state index in [-0.39, 0.29) is 0 Å². The predicted octanol–water partition coefficient (Wildman–Crippen LogP) is 9.77. The van der Waals surface area contributed by atoms with Gasteiger partial charge in [0.25, 0.3) is 0 Å². The second-order valence-corrected chi connectivity index (χ2v) is 11.2. The lowest BCUT2D eigenvalue weighted by molar-refractivity contribution is 0.177. The van der Waals surface area contributed by atoms with E-state index in [4.69, 9.17) is 9.47 Å². The summed E-state index contributed by atoms with van der Waals surface area (Å²) in [6.45, 7) is 6.13. The molecular formula is C32H52O2. The van der Waals surface area contributed by atoms with Gasteiger partial charge in [-0.1, -0.05) is 90.2 Å². The van der Waals surface area contributed by atoms with Gasteiger partial charge >= 0.3 is 0 Å². The molecular weight excluding hydrogens is 416 g/mol. The lowest BCUT2D eigenvalue weighted by Crippen LogP contribution is -2.20. The summed E-state index contributed by atoms with van der Waals surface area (Å²) in [5, 5.41) is 0. The molecule has 0 saturated heterocycles. The van der Waals surface area contributed by atoms with Crippen LogP contribution in [0.25, 0.3) is 0 Å². The van der Waals surface area contributed by atoms with Gasteiger partial charge in [-0.2, -0.15) is 0 Å². The van der Waals surface area contributed by atoms with Crippen LogP contribution in [-0.2, 0) is 0 Å². The van der Waals surface area contributed by atoms with E-state index in [1.807, 2.05) is 0 Å². The molecule has 2 fully saturated rings. The van der Waals surface area contributed by atoms with E-state index in [9.17, 15) is 0 Å². The van der Waals surface area contributed by atoms with E-state index >= 15 is 0 Å². The topological polar surface area (TPSA) is 18.5 Å². The van der Waals surface area contributed by atoms with Crippen LogP contribution in [0.15, 0.2) is 36.4 Å². The first-order valence-corrected chi connectivity index (χ1v) is 14.8. The Morgan fingerprint density at radius 3 is 1.71 bits per heavy atom. The minimum Gasteiger partial charge on any atom is -0.493 e. The molecule has 2 saturated carbocycles. The molecule has 0 unspecified atom stereocenters. The monoisotopic (exact) mass is 468 g/mol. The third-order valence-electron chi connectivity index (χ3n) is 8.35. The van der Waals surface area contributed by atoms with Crippen LogP contribution in [0, 0.1) is 23.7 Å². The van der Waals surface area contributed by atoms with Crippen molar-refractivity contribution < 1.29 is 9.47 Å². The molecule has 0 aliphatic heterocycles. The summed E-state index contributed by atoms with van der Waals surface area (Å²) < 4.78 is 12.1. The first kappa shape index (κ1) is 27.2. The maximum atomic E-state index is 6.11. The highest BCUT2D eigenvalue weighted by molar-refractivity contribution is 5.31. The highest BCUT2D eigenvalue weighted by Crippen LogP contribution is 2.33. The number of ether oxygens (including phenoxy) is 2. The molecule has 2 aliphatic carbocycles. The SMILES string of the molecule is CCCCCC1CCC(C=CCOc2ccc(OCC3CCC(CCCCC)CC3)cc2)CC1. The van der Waals surface area contributed by atoms with Gasteiger partial charge < -0.3 is 9.47 Å². The molecule has 3 rings (SSSR count). The molecule has 0 N–H and O–H groups in total. The zero-order valence-corrected chi connectivity index (χ0v) is 22.3. The Kier molecular flexibility index (Phi) is 13.0. The number of unbranched alkanes of at least 4 members (excludes halogenated alkanes) is 4. The van der Waals surface area contributed by atoms with Crippen molar-refractivity contribution >= 4 is 0 Å². The summed E-state index contributed by atoms with van der Waals surface area (Å²) in [5.74, 6) is 5.36. The van der Waals surface area contributed by atoms with Crippen LogP contribution in [0.5, 0.6) is 11.5 Å². The largest absolute Gasteiger partial charge is 0.493 e. The molecule has 0 atom stereocenters. The van der Waals surface area contributed by atoms with Crippen molar-refractivity contribution in [3.63, 3.8) is 0 Å². The summed E-state index contributed by atoms with van der Waals surface area (Å²) in [4.78, 5) is 0. The fourth-order valence-electron chi connectivity index (χ4n) is 5.96. The van der Waals surface area contributed by atoms with Gasteiger partial charge in [-0.25, -0.2) is 0 Å². The molecule has 0 bridgehead atoms. The molecule has 2 nitrogen and oxygen atoms in total. The van der Waals surface area contributed by atoms with Gasteiger partial charge in [0.15, 0.2) is 0 Å². The summed E-state index contributed by atoms with van der Waals surface area (Å²) in [7, 11) is 0. The Labute approximate surface area is 210 Å². The molecule has 0 spiro atoms. The number of rotatable bonds is 15. The van der Waals surface area contributed by atoms with Gasteiger partial charge in [0, 0.05) is 0 Å². The maximum Gasteiger partial charge on any atom is 0.120 e. The second kappa shape index (κ2) is 16.3. The summed E-state index contributed by atoms with van der Waals surface area (Å²) in [6.07, 6.45) is 26.9. The lowest BCUT2D eigenvalue weighted by Gasteiger charge is -2.28. The third-order valence-corrected chi connectivity index (χ3v) is 8.35. The standard InChI is InChI=1S/C32H52O2/c1-3-5-7-10-27-13-15-29(16-14-27)12-9-25-33-31-21-23-32(24-22-31)34-26-30-19-17-28(18-20-30)11-8-6-4-2/h9,12,21-24,27-30H,3-8,10-11,13-20,25-26H2,1-2H3. The average molecular weight is 469 g/mol. The summed E-state index contributed by atoms with van der Waals surface area (Å²) >= 11 is 0. The van der Waals surface area contributed by atoms with Gasteiger partial charge in [-0.05, 0) is 86.5 Å². The molecule has 2 aliphatic rings. The van der Waals surface area contributed by atoms with Crippen LogP contribution >= 0.6 is 0 Å². The lowest BCUT2D eigenvalue weighted by atomic mass is 9.79. The van der Waals surface area contributed by atoms with E-state index in [2.05, 4.69) is 50.3 Å². The predicted molar refractivity (Wildman–Crippen MR) is 146 cm³/mol. The first-order valence-electron chi connectivity index (χ1n) is 14.8. The minimum atomic E-state index is 0.665. The van der Waals surface area contributed by atoms with Crippen LogP contribution in [0.2, 0.25) is 0 Å². The van der Waals surface area contributed by atoms with Crippen LogP contribution in [0.3, 0.4) is 0 Å². The summed E-state index contributed by atoms with van der Waals surface area (Å²) in [5.41, 5.74) is 0. The molecule has 1 aromatic carbocycles. The van der Waals surface area contributed by atoms with Gasteiger partial charge in [-0.3, -0.25) is 0 Å². The molecule has 1 aromatic rings. The fourth-order valence-corrected chi connectivity index (χ4v) is 5.96. The van der Waals surface area contributed by atoms with Crippen molar-refractivity contribution in [3.8, 4) is 11.5 Å². The number of allylic oxidation sites excluding steroid dienone is 1. The van der Waals surface area contributed by atoms with E-state index < -0.39 is 0 Å². The maximum absolute atomic E-state index is 6.11. The van der Waals surface area contributed by atoms with Crippen molar-refractivity contribution in [1.29, 1.82) is 0 Å². The van der Waals surface area contributed by atoms with E-state index in [1.54, 1.807) is 0 Å². The second-order valence-electron chi connectivity index (χ2n) is 11.2. The minimum absolute atomic E-state index is 0.665. The normalized spacial score (nSPS) is 25.5. The van der Waals surface area contributed by atoms with Crippen molar-refractivity contribution in [1.82, 2.24) is 0 Å². The first-order chi connectivity index (χ1) is 16.8. The van der Waals surface area contributed by atoms with Crippen LogP contribution in [0.4, 0.5) is 0 Å². The molecule has 34 heavy (non-hydrogen) atoms. The quantitative estimate of drug-likeness (QED) is 0.188. The van der Waals surface area contributed by atoms with Crippen molar-refractivity contribution in [3.05, 3.63) is 36.4 Å². The Hall–Kier alpha value is -1.44. The van der Waals surface area contributed by atoms with E-state index in [0.717, 1.165) is 41.8 Å². The van der Waals surface area contributed by atoms with Gasteiger partial charge in [0.05, 0.1) is 6.61 Å². The van der Waals surface area contributed by atoms with Crippen molar-refractivity contribution in [2.24, 2.45) is 23.7 Å². The molecule has 192 valence electrons. The average Bonchev–Trinajstić information content (AvgIpc) is 2.88. The molecule has 2 heteroatoms. The van der Waals surface area contributed by atoms with Gasteiger partial charge in [-0.15, -0.1) is 0 Å². The highest BCUT2D eigenvalue weighted by Gasteiger charge is 2.21. The van der Waals surface area contributed by atoms with Crippen LogP contribution < -0.4 is 9.47 Å². The zero-order valence-electron chi connectivity index (χ0n) is 22.3. The van der Waals surface area contributed by atoms with Crippen molar-refractivity contribution in [2.45, 2.75) is 117 Å². The van der Waals surface area contributed by atoms with Gasteiger partial charge in [0.2, 0.25) is 0 Å². The molecule has 0 radical (unpaired) electrons. The van der Waals surface area contributed by atoms with Crippen LogP contribution in [-0.4, -0.2) is 13.2 Å². The number of benzene rings is 1.